The van der Waals surface area contributed by atoms with E-state index in [1.165, 1.54) is 0 Å². The molecule has 0 heterocycles. The van der Waals surface area contributed by atoms with Crippen LogP contribution in [-0.4, -0.2) is 26.0 Å². The average molecular weight is 248 g/mol. The molecule has 0 N–H and O–H groups in total. The number of rotatable bonds is 6. The Hall–Kier alpha value is -1.23. The third kappa shape index (κ3) is 6.84. The number of hydrogen-bond acceptors (Lipinski definition) is 2. The zero-order valence-electron chi connectivity index (χ0n) is 9.59. The van der Waals surface area contributed by atoms with Crippen LogP contribution in [0.25, 0.3) is 0 Å². The summed E-state index contributed by atoms with van der Waals surface area (Å²) in [5.74, 6) is 0.714. The second kappa shape index (κ2) is 6.49. The van der Waals surface area contributed by atoms with Crippen molar-refractivity contribution in [1.82, 2.24) is 0 Å². The molecule has 0 saturated carbocycles. The van der Waals surface area contributed by atoms with Crippen LogP contribution in [-0.2, 0) is 4.74 Å². The first-order valence-electron chi connectivity index (χ1n) is 5.31. The number of hydrogen-bond donors (Lipinski definition) is 0. The summed E-state index contributed by atoms with van der Waals surface area (Å²) in [5, 5.41) is 0. The zero-order valence-corrected chi connectivity index (χ0v) is 9.59. The van der Waals surface area contributed by atoms with Crippen LogP contribution in [0.15, 0.2) is 24.3 Å². The molecule has 1 aromatic rings. The molecule has 0 fully saturated rings. The second-order valence-electron chi connectivity index (χ2n) is 3.68. The van der Waals surface area contributed by atoms with Crippen LogP contribution in [0.5, 0.6) is 5.75 Å². The first-order chi connectivity index (χ1) is 7.97. The van der Waals surface area contributed by atoms with Gasteiger partial charge in [0.1, 0.15) is 12.4 Å². The highest BCUT2D eigenvalue weighted by Gasteiger charge is 2.27. The molecule has 0 unspecified atom stereocenters. The Morgan fingerprint density at radius 2 is 1.71 bits per heavy atom. The van der Waals surface area contributed by atoms with E-state index in [2.05, 4.69) is 4.74 Å². The van der Waals surface area contributed by atoms with E-state index in [0.29, 0.717) is 18.8 Å². The molecule has 0 spiro atoms. The van der Waals surface area contributed by atoms with Crippen molar-refractivity contribution in [2.45, 2.75) is 19.5 Å². The fraction of sp³-hybridized carbons (Fsp3) is 0.500. The van der Waals surface area contributed by atoms with Gasteiger partial charge >= 0.3 is 6.18 Å². The van der Waals surface area contributed by atoms with E-state index in [9.17, 15) is 13.2 Å². The largest absolute Gasteiger partial charge is 0.494 e. The average Bonchev–Trinajstić information content (AvgIpc) is 2.24. The first kappa shape index (κ1) is 13.8. The van der Waals surface area contributed by atoms with Gasteiger partial charge < -0.3 is 9.47 Å². The summed E-state index contributed by atoms with van der Waals surface area (Å²) in [4.78, 5) is 0. The summed E-state index contributed by atoms with van der Waals surface area (Å²) in [6.07, 6.45) is -3.82. The molecule has 0 aliphatic rings. The van der Waals surface area contributed by atoms with Crippen molar-refractivity contribution >= 4 is 0 Å². The van der Waals surface area contributed by atoms with Crippen LogP contribution in [0.2, 0.25) is 0 Å². The van der Waals surface area contributed by atoms with Crippen LogP contribution < -0.4 is 4.74 Å². The maximum absolute atomic E-state index is 11.7. The van der Waals surface area contributed by atoms with Crippen molar-refractivity contribution in [2.24, 2.45) is 0 Å². The molecule has 0 atom stereocenters. The van der Waals surface area contributed by atoms with Gasteiger partial charge in [-0.25, -0.2) is 0 Å². The van der Waals surface area contributed by atoms with Gasteiger partial charge in [-0.2, -0.15) is 13.2 Å². The second-order valence-corrected chi connectivity index (χ2v) is 3.68. The van der Waals surface area contributed by atoms with E-state index in [0.717, 1.165) is 5.56 Å². The molecule has 0 aliphatic carbocycles. The number of aryl methyl sites for hydroxylation is 1. The van der Waals surface area contributed by atoms with Crippen molar-refractivity contribution in [1.29, 1.82) is 0 Å². The first-order valence-corrected chi connectivity index (χ1v) is 5.31. The third-order valence-corrected chi connectivity index (χ3v) is 1.99. The fourth-order valence-electron chi connectivity index (χ4n) is 1.17. The van der Waals surface area contributed by atoms with E-state index in [1.807, 2.05) is 31.2 Å². The van der Waals surface area contributed by atoms with E-state index in [1.54, 1.807) is 0 Å². The molecule has 0 bridgehead atoms. The lowest BCUT2D eigenvalue weighted by atomic mass is 10.2. The van der Waals surface area contributed by atoms with Crippen molar-refractivity contribution < 1.29 is 22.6 Å². The predicted octanol–water partition coefficient (Wildman–Crippen LogP) is 3.34. The Morgan fingerprint density at radius 3 is 2.29 bits per heavy atom. The minimum atomic E-state index is -4.25. The van der Waals surface area contributed by atoms with Crippen LogP contribution in [0.1, 0.15) is 12.0 Å². The normalized spacial score (nSPS) is 11.5. The molecule has 0 amide bonds. The molecule has 0 aliphatic heterocycles. The minimum absolute atomic E-state index is 0.0470. The lowest BCUT2D eigenvalue weighted by Crippen LogP contribution is -2.18. The lowest BCUT2D eigenvalue weighted by Gasteiger charge is -2.08. The molecule has 0 aromatic heterocycles. The highest BCUT2D eigenvalue weighted by molar-refractivity contribution is 5.26. The highest BCUT2D eigenvalue weighted by Crippen LogP contribution is 2.14. The van der Waals surface area contributed by atoms with Gasteiger partial charge in [0, 0.05) is 6.42 Å². The Morgan fingerprint density at radius 1 is 1.06 bits per heavy atom. The third-order valence-electron chi connectivity index (χ3n) is 1.99. The van der Waals surface area contributed by atoms with Crippen LogP contribution in [0, 0.1) is 6.92 Å². The van der Waals surface area contributed by atoms with Gasteiger partial charge in [0.15, 0.2) is 0 Å². The Bertz CT molecular complexity index is 320. The number of ether oxygens (including phenoxy) is 2. The maximum atomic E-state index is 11.7. The molecule has 1 aromatic carbocycles. The van der Waals surface area contributed by atoms with Gasteiger partial charge in [0.2, 0.25) is 0 Å². The molecular weight excluding hydrogens is 233 g/mol. The van der Waals surface area contributed by atoms with Crippen LogP contribution >= 0.6 is 0 Å². The summed E-state index contributed by atoms with van der Waals surface area (Å²) in [6.45, 7) is 1.17. The Labute approximate surface area is 98.3 Å². The van der Waals surface area contributed by atoms with Gasteiger partial charge in [0.05, 0.1) is 13.2 Å². The predicted molar refractivity (Wildman–Crippen MR) is 58.2 cm³/mol. The molecule has 1 rings (SSSR count). The van der Waals surface area contributed by atoms with Crippen LogP contribution in [0.3, 0.4) is 0 Å². The van der Waals surface area contributed by atoms with Gasteiger partial charge in [-0.05, 0) is 19.1 Å². The highest BCUT2D eigenvalue weighted by atomic mass is 19.4. The summed E-state index contributed by atoms with van der Waals surface area (Å²) < 4.78 is 44.9. The molecule has 5 heteroatoms. The molecule has 96 valence electrons. The van der Waals surface area contributed by atoms with E-state index in [4.69, 9.17) is 4.74 Å². The number of alkyl halides is 3. The maximum Gasteiger partial charge on any atom is 0.411 e. The number of halogens is 3. The number of benzene rings is 1. The van der Waals surface area contributed by atoms with E-state index in [-0.39, 0.29) is 6.61 Å². The molecule has 0 radical (unpaired) electrons. The molecule has 17 heavy (non-hydrogen) atoms. The van der Waals surface area contributed by atoms with Crippen molar-refractivity contribution in [3.63, 3.8) is 0 Å². The fourth-order valence-corrected chi connectivity index (χ4v) is 1.17. The monoisotopic (exact) mass is 248 g/mol. The quantitative estimate of drug-likeness (QED) is 0.719. The Balaban J connectivity index is 2.07. The van der Waals surface area contributed by atoms with Crippen molar-refractivity contribution in [3.8, 4) is 5.75 Å². The van der Waals surface area contributed by atoms with Gasteiger partial charge in [-0.15, -0.1) is 0 Å². The van der Waals surface area contributed by atoms with Gasteiger partial charge in [-0.3, -0.25) is 0 Å². The van der Waals surface area contributed by atoms with Gasteiger partial charge in [-0.1, -0.05) is 17.7 Å². The van der Waals surface area contributed by atoms with Gasteiger partial charge in [0.25, 0.3) is 0 Å². The van der Waals surface area contributed by atoms with Crippen LogP contribution in [0.4, 0.5) is 13.2 Å². The van der Waals surface area contributed by atoms with Crippen molar-refractivity contribution in [3.05, 3.63) is 29.8 Å². The molecule has 2 nitrogen and oxygen atoms in total. The topological polar surface area (TPSA) is 18.5 Å². The van der Waals surface area contributed by atoms with Crippen molar-refractivity contribution in [2.75, 3.05) is 19.8 Å². The van der Waals surface area contributed by atoms with E-state index >= 15 is 0 Å². The summed E-state index contributed by atoms with van der Waals surface area (Å²) in [6, 6.07) is 7.47. The van der Waals surface area contributed by atoms with E-state index < -0.39 is 12.8 Å². The Kier molecular flexibility index (Phi) is 5.28. The summed E-state index contributed by atoms with van der Waals surface area (Å²) in [7, 11) is 0. The molecule has 0 saturated heterocycles. The smallest absolute Gasteiger partial charge is 0.411 e. The minimum Gasteiger partial charge on any atom is -0.494 e. The zero-order chi connectivity index (χ0) is 12.7. The lowest BCUT2D eigenvalue weighted by molar-refractivity contribution is -0.174. The summed E-state index contributed by atoms with van der Waals surface area (Å²) in [5.41, 5.74) is 1.13. The SMILES string of the molecule is Cc1ccc(OCCCOCC(F)(F)F)cc1. The summed E-state index contributed by atoms with van der Waals surface area (Å²) >= 11 is 0. The molecular formula is C12H15F3O2. The standard InChI is InChI=1S/C12H15F3O2/c1-10-3-5-11(6-4-10)17-8-2-7-16-9-12(13,14)15/h3-6H,2,7-9H2,1H3.